The minimum absolute atomic E-state index is 0.0918. The highest BCUT2D eigenvalue weighted by Crippen LogP contribution is 2.39. The maximum atomic E-state index is 6.32. The lowest BCUT2D eigenvalue weighted by molar-refractivity contribution is 0.403. The monoisotopic (exact) mass is 403 g/mol. The van der Waals surface area contributed by atoms with Crippen LogP contribution >= 0.6 is 23.2 Å². The smallest absolute Gasteiger partial charge is 0.127 e. The average molecular weight is 404 g/mol. The Hall–Kier alpha value is -1.71. The van der Waals surface area contributed by atoms with Gasteiger partial charge < -0.3 is 10.6 Å². The zero-order valence-electron chi connectivity index (χ0n) is 16.0. The molecular weight excluding hydrogens is 377 g/mol. The topological polar surface area (TPSA) is 36.4 Å². The molecule has 2 N–H and O–H groups in total. The number of hydrogen-bond donors (Lipinski definition) is 2. The fourth-order valence-corrected chi connectivity index (χ4v) is 4.26. The molecule has 0 aromatic heterocycles. The van der Waals surface area contributed by atoms with Crippen molar-refractivity contribution in [3.8, 4) is 0 Å². The molecule has 1 aliphatic heterocycles. The van der Waals surface area contributed by atoms with Gasteiger partial charge >= 0.3 is 0 Å². The van der Waals surface area contributed by atoms with Crippen molar-refractivity contribution in [1.29, 1.82) is 0 Å². The maximum absolute atomic E-state index is 6.32. The molecule has 2 aliphatic rings. The molecule has 1 saturated carbocycles. The van der Waals surface area contributed by atoms with Gasteiger partial charge in [-0.25, -0.2) is 0 Å². The molecule has 3 nitrogen and oxygen atoms in total. The summed E-state index contributed by atoms with van der Waals surface area (Å²) in [7, 11) is 0. The van der Waals surface area contributed by atoms with E-state index in [1.807, 2.05) is 32.0 Å². The summed E-state index contributed by atoms with van der Waals surface area (Å²) >= 11 is 12.3. The molecule has 4 rings (SSSR count). The first kappa shape index (κ1) is 20.0. The number of amidine groups is 1. The van der Waals surface area contributed by atoms with Crippen LogP contribution in [0, 0.1) is 0 Å². The number of nitrogens with one attached hydrogen (secondary N) is 2. The van der Waals surface area contributed by atoms with Crippen LogP contribution in [0.5, 0.6) is 0 Å². The summed E-state index contributed by atoms with van der Waals surface area (Å²) in [5.41, 5.74) is 3.14. The van der Waals surface area contributed by atoms with Gasteiger partial charge in [0.2, 0.25) is 0 Å². The van der Waals surface area contributed by atoms with E-state index < -0.39 is 0 Å². The summed E-state index contributed by atoms with van der Waals surface area (Å²) in [5.74, 6) is 1.02. The van der Waals surface area contributed by atoms with Gasteiger partial charge in [0.25, 0.3) is 0 Å². The molecule has 0 saturated heterocycles. The van der Waals surface area contributed by atoms with Gasteiger partial charge in [0.15, 0.2) is 0 Å². The Morgan fingerprint density at radius 3 is 2.37 bits per heavy atom. The van der Waals surface area contributed by atoms with Crippen LogP contribution in [0.1, 0.15) is 51.5 Å². The highest BCUT2D eigenvalue weighted by atomic mass is 35.5. The largest absolute Gasteiger partial charge is 0.371 e. The molecule has 1 heterocycles. The Kier molecular flexibility index (Phi) is 6.67. The van der Waals surface area contributed by atoms with Crippen LogP contribution in [0.2, 0.25) is 10.0 Å². The van der Waals surface area contributed by atoms with Crippen molar-refractivity contribution in [3.63, 3.8) is 0 Å². The van der Waals surface area contributed by atoms with E-state index in [-0.39, 0.29) is 5.54 Å². The van der Waals surface area contributed by atoms with Crippen molar-refractivity contribution in [2.45, 2.75) is 58.0 Å². The first-order valence-electron chi connectivity index (χ1n) is 9.79. The van der Waals surface area contributed by atoms with Gasteiger partial charge in [0.1, 0.15) is 5.84 Å². The molecule has 5 heteroatoms. The van der Waals surface area contributed by atoms with E-state index in [1.54, 1.807) is 6.07 Å². The number of hydrogen-bond acceptors (Lipinski definition) is 2. The molecule has 27 heavy (non-hydrogen) atoms. The second kappa shape index (κ2) is 8.99. The number of benzene rings is 2. The highest BCUT2D eigenvalue weighted by molar-refractivity contribution is 6.35. The molecule has 0 atom stereocenters. The van der Waals surface area contributed by atoms with Crippen LogP contribution in [0.4, 0.5) is 11.4 Å². The third kappa shape index (κ3) is 4.41. The Bertz CT molecular complexity index is 811. The summed E-state index contributed by atoms with van der Waals surface area (Å²) in [6, 6.07) is 13.9. The normalized spacial score (nSPS) is 18.7. The quantitative estimate of drug-likeness (QED) is 0.557. The molecule has 1 fully saturated rings. The summed E-state index contributed by atoms with van der Waals surface area (Å²) in [5, 5.41) is 8.67. The van der Waals surface area contributed by atoms with E-state index in [4.69, 9.17) is 28.2 Å². The van der Waals surface area contributed by atoms with E-state index in [0.29, 0.717) is 16.6 Å². The van der Waals surface area contributed by atoms with Crippen molar-refractivity contribution in [2.75, 3.05) is 10.6 Å². The van der Waals surface area contributed by atoms with Gasteiger partial charge in [-0.3, -0.25) is 4.99 Å². The van der Waals surface area contributed by atoms with Gasteiger partial charge in [0.05, 0.1) is 23.5 Å². The second-order valence-electron chi connectivity index (χ2n) is 6.84. The fraction of sp³-hybridized carbons (Fsp3) is 0.409. The molecular formula is C22H27Cl2N3. The van der Waals surface area contributed by atoms with Gasteiger partial charge in [-0.05, 0) is 42.7 Å². The van der Waals surface area contributed by atoms with Crippen molar-refractivity contribution >= 4 is 40.4 Å². The number of rotatable bonds is 2. The van der Waals surface area contributed by atoms with Crippen molar-refractivity contribution in [2.24, 2.45) is 4.99 Å². The standard InChI is InChI=1S/C20H21Cl2N3.C2H6/c21-15-9-8-14(16(22)12-15)13-23-19-20(10-4-1-5-11-20)25-18-7-3-2-6-17(18)24-19;1-2/h2-3,6-9,12,25H,1,4-5,10-11,13H2,(H,23,24);1-2H3. The molecule has 0 bridgehead atoms. The Morgan fingerprint density at radius 2 is 1.67 bits per heavy atom. The fourth-order valence-electron chi connectivity index (χ4n) is 3.79. The first-order chi connectivity index (χ1) is 13.2. The minimum atomic E-state index is -0.0918. The summed E-state index contributed by atoms with van der Waals surface area (Å²) in [6.07, 6.45) is 5.93. The van der Waals surface area contributed by atoms with Gasteiger partial charge in [0, 0.05) is 10.0 Å². The zero-order valence-corrected chi connectivity index (χ0v) is 17.5. The van der Waals surface area contributed by atoms with E-state index in [1.165, 1.54) is 19.3 Å². The SMILES string of the molecule is CC.Clc1ccc(CN=C2Nc3ccccc3NC23CCCCC3)c(Cl)c1. The molecule has 0 unspecified atom stereocenters. The molecule has 0 amide bonds. The van der Waals surface area contributed by atoms with Gasteiger partial charge in [-0.2, -0.15) is 0 Å². The van der Waals surface area contributed by atoms with Crippen LogP contribution < -0.4 is 10.6 Å². The van der Waals surface area contributed by atoms with E-state index in [2.05, 4.69) is 28.8 Å². The first-order valence-corrected chi connectivity index (χ1v) is 10.5. The Morgan fingerprint density at radius 1 is 0.963 bits per heavy atom. The van der Waals surface area contributed by atoms with Crippen LogP contribution in [-0.4, -0.2) is 11.4 Å². The highest BCUT2D eigenvalue weighted by Gasteiger charge is 2.40. The van der Waals surface area contributed by atoms with Crippen molar-refractivity contribution in [1.82, 2.24) is 0 Å². The van der Waals surface area contributed by atoms with Crippen LogP contribution in [0.25, 0.3) is 0 Å². The maximum Gasteiger partial charge on any atom is 0.127 e. The molecule has 1 aliphatic carbocycles. The number of para-hydroxylation sites is 2. The predicted molar refractivity (Wildman–Crippen MR) is 118 cm³/mol. The molecule has 144 valence electrons. The number of nitrogens with zero attached hydrogens (tertiary/aromatic N) is 1. The Balaban J connectivity index is 0.00000102. The Labute approximate surface area is 172 Å². The second-order valence-corrected chi connectivity index (χ2v) is 7.68. The summed E-state index contributed by atoms with van der Waals surface area (Å²) in [6.45, 7) is 4.55. The van der Waals surface area contributed by atoms with Gasteiger partial charge in [-0.1, -0.05) is 74.5 Å². The summed E-state index contributed by atoms with van der Waals surface area (Å²) in [4.78, 5) is 4.94. The molecule has 2 aromatic rings. The lowest BCUT2D eigenvalue weighted by Gasteiger charge is -2.44. The number of fused-ring (bicyclic) bond motifs is 1. The van der Waals surface area contributed by atoms with E-state index in [9.17, 15) is 0 Å². The van der Waals surface area contributed by atoms with Crippen LogP contribution in [0.15, 0.2) is 47.5 Å². The van der Waals surface area contributed by atoms with Crippen LogP contribution in [-0.2, 0) is 6.54 Å². The molecule has 0 radical (unpaired) electrons. The third-order valence-electron chi connectivity index (χ3n) is 5.14. The molecule has 2 aromatic carbocycles. The average Bonchev–Trinajstić information content (AvgIpc) is 2.70. The third-order valence-corrected chi connectivity index (χ3v) is 5.72. The predicted octanol–water partition coefficient (Wildman–Crippen LogP) is 7.16. The summed E-state index contributed by atoms with van der Waals surface area (Å²) < 4.78 is 0. The lowest BCUT2D eigenvalue weighted by Crippen LogP contribution is -2.53. The van der Waals surface area contributed by atoms with Crippen molar-refractivity contribution in [3.05, 3.63) is 58.1 Å². The van der Waals surface area contributed by atoms with Gasteiger partial charge in [-0.15, -0.1) is 0 Å². The molecule has 1 spiro atoms. The van der Waals surface area contributed by atoms with E-state index in [0.717, 1.165) is 35.6 Å². The van der Waals surface area contributed by atoms with Crippen LogP contribution in [0.3, 0.4) is 0 Å². The number of halogens is 2. The number of aliphatic imine (C=N–C) groups is 1. The van der Waals surface area contributed by atoms with E-state index >= 15 is 0 Å². The number of anilines is 2. The lowest BCUT2D eigenvalue weighted by atomic mass is 9.79. The van der Waals surface area contributed by atoms with Crippen molar-refractivity contribution < 1.29 is 0 Å². The minimum Gasteiger partial charge on any atom is -0.371 e. The zero-order chi connectivity index (χ0) is 19.3.